The molecule has 2 aliphatic rings. The maximum Gasteiger partial charge on any atom is 0.294 e. The molecule has 2 unspecified atom stereocenters. The van der Waals surface area contributed by atoms with E-state index in [0.717, 1.165) is 21.8 Å². The van der Waals surface area contributed by atoms with Gasteiger partial charge in [0.25, 0.3) is 5.09 Å². The maximum absolute atomic E-state index is 12.7. The number of fused-ring (bicyclic) bond motifs is 2. The van der Waals surface area contributed by atoms with Crippen LogP contribution in [0.4, 0.5) is 0 Å². The van der Waals surface area contributed by atoms with Crippen LogP contribution in [0.5, 0.6) is 5.75 Å². The highest BCUT2D eigenvalue weighted by molar-refractivity contribution is 5.52. The van der Waals surface area contributed by atoms with Crippen LogP contribution in [0.3, 0.4) is 0 Å². The van der Waals surface area contributed by atoms with Gasteiger partial charge in [-0.05, 0) is 56.5 Å². The predicted octanol–water partition coefficient (Wildman–Crippen LogP) is 2.70. The minimum absolute atomic E-state index is 0.181. The van der Waals surface area contributed by atoms with Gasteiger partial charge in [0.05, 0.1) is 11.1 Å². The Kier molecular flexibility index (Phi) is 4.86. The second-order valence-corrected chi connectivity index (χ2v) is 8.71. The monoisotopic (exact) mass is 378 g/mol. The van der Waals surface area contributed by atoms with Gasteiger partial charge in [-0.15, -0.1) is 20.4 Å². The highest BCUT2D eigenvalue weighted by atomic mass is 17.0. The summed E-state index contributed by atoms with van der Waals surface area (Å²) in [6, 6.07) is 4.12. The van der Waals surface area contributed by atoms with Gasteiger partial charge >= 0.3 is 0 Å². The van der Waals surface area contributed by atoms with E-state index in [1.807, 2.05) is 53.7 Å². The Morgan fingerprint density at radius 3 is 2.44 bits per heavy atom. The standard InChI is InChI=1S/C19H28N3O5/c1-11(2)20-10-17(27-22(24)25)16-8-12-7-13-14(9-15(12)26-16)19(5,6)21(23)18(13,3)4/h7,9,11,16-17,20H,8,10H2,1-6H3. The van der Waals surface area contributed by atoms with Crippen LogP contribution in [-0.4, -0.2) is 34.9 Å². The Balaban J connectivity index is 1.88. The molecular formula is C19H28N3O5. The van der Waals surface area contributed by atoms with E-state index in [9.17, 15) is 15.3 Å². The average Bonchev–Trinajstić information content (AvgIpc) is 3.03. The third-order valence-electron chi connectivity index (χ3n) is 5.60. The summed E-state index contributed by atoms with van der Waals surface area (Å²) in [7, 11) is 0. The Hall–Kier alpha value is -1.90. The molecule has 0 saturated carbocycles. The third kappa shape index (κ3) is 3.37. The molecule has 8 heteroatoms. The van der Waals surface area contributed by atoms with Crippen LogP contribution in [0, 0.1) is 10.1 Å². The fourth-order valence-corrected chi connectivity index (χ4v) is 4.15. The van der Waals surface area contributed by atoms with Crippen molar-refractivity contribution in [3.63, 3.8) is 0 Å². The molecule has 0 aromatic heterocycles. The average molecular weight is 378 g/mol. The van der Waals surface area contributed by atoms with Crippen LogP contribution < -0.4 is 10.1 Å². The zero-order chi connectivity index (χ0) is 20.1. The quantitative estimate of drug-likeness (QED) is 0.604. The number of rotatable bonds is 6. The van der Waals surface area contributed by atoms with E-state index in [0.29, 0.717) is 18.7 Å². The number of benzene rings is 1. The summed E-state index contributed by atoms with van der Waals surface area (Å²) in [5, 5.41) is 27.2. The van der Waals surface area contributed by atoms with E-state index < -0.39 is 28.4 Å². The van der Waals surface area contributed by atoms with E-state index in [-0.39, 0.29) is 6.04 Å². The van der Waals surface area contributed by atoms with E-state index in [1.165, 1.54) is 0 Å². The number of nitrogens with zero attached hydrogens (tertiary/aromatic N) is 2. The molecule has 2 aliphatic heterocycles. The largest absolute Gasteiger partial charge is 0.487 e. The summed E-state index contributed by atoms with van der Waals surface area (Å²) in [6.07, 6.45) is -0.647. The Bertz CT molecular complexity index is 702. The summed E-state index contributed by atoms with van der Waals surface area (Å²) < 4.78 is 6.03. The minimum Gasteiger partial charge on any atom is -0.487 e. The van der Waals surface area contributed by atoms with Gasteiger partial charge in [0.1, 0.15) is 11.9 Å². The van der Waals surface area contributed by atoms with Gasteiger partial charge in [0.15, 0.2) is 6.10 Å². The minimum atomic E-state index is -0.763. The summed E-state index contributed by atoms with van der Waals surface area (Å²) in [6.45, 7) is 11.9. The maximum atomic E-state index is 12.7. The normalized spacial score (nSPS) is 23.6. The summed E-state index contributed by atoms with van der Waals surface area (Å²) >= 11 is 0. The van der Waals surface area contributed by atoms with Gasteiger partial charge in [0, 0.05) is 19.0 Å². The highest BCUT2D eigenvalue weighted by Gasteiger charge is 2.51. The molecule has 0 fully saturated rings. The lowest BCUT2D eigenvalue weighted by Gasteiger charge is -2.32. The topological polar surface area (TPSA) is 96.8 Å². The van der Waals surface area contributed by atoms with E-state index in [2.05, 4.69) is 5.32 Å². The molecule has 1 radical (unpaired) electrons. The molecule has 0 spiro atoms. The molecule has 27 heavy (non-hydrogen) atoms. The molecule has 2 heterocycles. The van der Waals surface area contributed by atoms with Gasteiger partial charge in [0.2, 0.25) is 0 Å². The molecule has 8 nitrogen and oxygen atoms in total. The number of ether oxygens (including phenoxy) is 1. The summed E-state index contributed by atoms with van der Waals surface area (Å²) in [5.74, 6) is 0.680. The Labute approximate surface area is 159 Å². The second-order valence-electron chi connectivity index (χ2n) is 8.71. The third-order valence-corrected chi connectivity index (χ3v) is 5.60. The van der Waals surface area contributed by atoms with Crippen molar-refractivity contribution in [2.24, 2.45) is 0 Å². The van der Waals surface area contributed by atoms with Crippen molar-refractivity contribution in [3.05, 3.63) is 38.9 Å². The smallest absolute Gasteiger partial charge is 0.294 e. The second kappa shape index (κ2) is 6.61. The fraction of sp³-hybridized carbons (Fsp3) is 0.684. The molecule has 1 N–H and O–H groups in total. The lowest BCUT2D eigenvalue weighted by Crippen LogP contribution is -2.44. The van der Waals surface area contributed by atoms with Crippen molar-refractivity contribution in [2.45, 2.75) is 77.3 Å². The molecular weight excluding hydrogens is 350 g/mol. The first-order valence-electron chi connectivity index (χ1n) is 9.31. The molecule has 0 amide bonds. The van der Waals surface area contributed by atoms with Gasteiger partial charge < -0.3 is 14.9 Å². The van der Waals surface area contributed by atoms with E-state index in [4.69, 9.17) is 9.57 Å². The SMILES string of the molecule is CC(C)NCC(O[N+](=O)[O-])C1Cc2cc3c(cc2O1)C(C)(C)N([O])C3(C)C. The summed E-state index contributed by atoms with van der Waals surface area (Å²) in [4.78, 5) is 15.8. The van der Waals surface area contributed by atoms with Crippen molar-refractivity contribution in [1.82, 2.24) is 10.4 Å². The number of hydrogen-bond donors (Lipinski definition) is 1. The first-order chi connectivity index (χ1) is 12.4. The molecule has 1 aromatic carbocycles. The fourth-order valence-electron chi connectivity index (χ4n) is 4.15. The van der Waals surface area contributed by atoms with Crippen molar-refractivity contribution < 1.29 is 19.9 Å². The first kappa shape index (κ1) is 19.9. The molecule has 0 saturated heterocycles. The number of hydrogen-bond acceptors (Lipinski definition) is 6. The van der Waals surface area contributed by atoms with Crippen LogP contribution in [0.2, 0.25) is 0 Å². The van der Waals surface area contributed by atoms with Crippen molar-refractivity contribution in [2.75, 3.05) is 6.54 Å². The molecule has 149 valence electrons. The molecule has 3 rings (SSSR count). The first-order valence-corrected chi connectivity index (χ1v) is 9.31. The van der Waals surface area contributed by atoms with E-state index in [1.54, 1.807) is 0 Å². The molecule has 2 atom stereocenters. The molecule has 0 bridgehead atoms. The molecule has 1 aromatic rings. The number of hydroxylamine groups is 2. The van der Waals surface area contributed by atoms with Crippen LogP contribution in [0.15, 0.2) is 12.1 Å². The highest BCUT2D eigenvalue weighted by Crippen LogP contribution is 2.51. The van der Waals surface area contributed by atoms with Crippen molar-refractivity contribution in [3.8, 4) is 5.75 Å². The molecule has 0 aliphatic carbocycles. The van der Waals surface area contributed by atoms with Gasteiger partial charge in [-0.25, -0.2) is 0 Å². The lowest BCUT2D eigenvalue weighted by atomic mass is 9.88. The van der Waals surface area contributed by atoms with Crippen LogP contribution in [0.1, 0.15) is 58.2 Å². The predicted molar refractivity (Wildman–Crippen MR) is 98.1 cm³/mol. The van der Waals surface area contributed by atoms with Crippen LogP contribution >= 0.6 is 0 Å². The van der Waals surface area contributed by atoms with Crippen molar-refractivity contribution in [1.29, 1.82) is 0 Å². The van der Waals surface area contributed by atoms with Gasteiger partial charge in [-0.1, -0.05) is 13.8 Å². The zero-order valence-electron chi connectivity index (χ0n) is 16.7. The van der Waals surface area contributed by atoms with E-state index >= 15 is 0 Å². The number of nitrogens with one attached hydrogen (secondary N) is 1. The van der Waals surface area contributed by atoms with Crippen LogP contribution in [0.25, 0.3) is 0 Å². The lowest BCUT2D eigenvalue weighted by molar-refractivity contribution is -0.769. The van der Waals surface area contributed by atoms with Crippen molar-refractivity contribution >= 4 is 0 Å². The van der Waals surface area contributed by atoms with Gasteiger partial charge in [-0.3, -0.25) is 0 Å². The van der Waals surface area contributed by atoms with Crippen LogP contribution in [-0.2, 0) is 27.5 Å². The Morgan fingerprint density at radius 2 is 1.89 bits per heavy atom. The van der Waals surface area contributed by atoms with Gasteiger partial charge in [-0.2, -0.15) is 0 Å². The summed E-state index contributed by atoms with van der Waals surface area (Å²) in [5.41, 5.74) is 1.58. The Morgan fingerprint density at radius 1 is 1.30 bits per heavy atom. The zero-order valence-corrected chi connectivity index (χ0v) is 16.7.